The Morgan fingerprint density at radius 2 is 1.87 bits per heavy atom. The van der Waals surface area contributed by atoms with E-state index >= 15 is 0 Å². The van der Waals surface area contributed by atoms with Crippen LogP contribution < -0.4 is 10.6 Å². The van der Waals surface area contributed by atoms with Crippen molar-refractivity contribution >= 4 is 22.5 Å². The van der Waals surface area contributed by atoms with E-state index in [4.69, 9.17) is 0 Å². The minimum Gasteiger partial charge on any atom is -0.370 e. The monoisotopic (exact) mass is 423 g/mol. The van der Waals surface area contributed by atoms with E-state index in [0.29, 0.717) is 41.2 Å². The van der Waals surface area contributed by atoms with E-state index < -0.39 is 11.7 Å². The first kappa shape index (κ1) is 20.7. The molecular formula is C23H20F3N5. The van der Waals surface area contributed by atoms with Gasteiger partial charge in [0.05, 0.1) is 16.6 Å². The Balaban J connectivity index is 1.96. The third kappa shape index (κ3) is 3.92. The molecule has 0 saturated carbocycles. The van der Waals surface area contributed by atoms with Gasteiger partial charge in [-0.25, -0.2) is 4.98 Å². The molecule has 0 saturated heterocycles. The molecule has 5 nitrogen and oxygen atoms in total. The number of alkyl halides is 3. The van der Waals surface area contributed by atoms with Crippen LogP contribution in [0.1, 0.15) is 18.1 Å². The van der Waals surface area contributed by atoms with Crippen LogP contribution in [0.2, 0.25) is 0 Å². The van der Waals surface area contributed by atoms with Crippen molar-refractivity contribution in [3.63, 3.8) is 0 Å². The number of rotatable bonds is 6. The maximum Gasteiger partial charge on any atom is 0.416 e. The number of hydrogen-bond acceptors (Lipinski definition) is 4. The van der Waals surface area contributed by atoms with Crippen LogP contribution >= 0.6 is 0 Å². The summed E-state index contributed by atoms with van der Waals surface area (Å²) >= 11 is 0. The Bertz CT molecular complexity index is 1280. The summed E-state index contributed by atoms with van der Waals surface area (Å²) in [6, 6.07) is 16.4. The normalized spacial score (nSPS) is 11.7. The van der Waals surface area contributed by atoms with Crippen molar-refractivity contribution < 1.29 is 13.2 Å². The van der Waals surface area contributed by atoms with Gasteiger partial charge in [0, 0.05) is 18.7 Å². The zero-order valence-corrected chi connectivity index (χ0v) is 16.8. The maximum atomic E-state index is 13.3. The molecule has 0 aliphatic heterocycles. The molecule has 0 atom stereocenters. The van der Waals surface area contributed by atoms with Crippen LogP contribution in [0, 0.1) is 11.3 Å². The number of nitrogens with zero attached hydrogens (tertiary/aromatic N) is 3. The Labute approximate surface area is 177 Å². The van der Waals surface area contributed by atoms with Crippen LogP contribution in [0.4, 0.5) is 19.0 Å². The van der Waals surface area contributed by atoms with E-state index in [9.17, 15) is 18.4 Å². The molecule has 31 heavy (non-hydrogen) atoms. The average Bonchev–Trinajstić information content (AvgIpc) is 3.15. The van der Waals surface area contributed by atoms with Gasteiger partial charge in [0.2, 0.25) is 0 Å². The molecule has 0 amide bonds. The number of halogens is 3. The Morgan fingerprint density at radius 3 is 2.61 bits per heavy atom. The van der Waals surface area contributed by atoms with Gasteiger partial charge in [-0.15, -0.1) is 0 Å². The third-order valence-corrected chi connectivity index (χ3v) is 5.05. The Morgan fingerprint density at radius 1 is 1.06 bits per heavy atom. The molecule has 2 aromatic heterocycles. The van der Waals surface area contributed by atoms with E-state index in [1.807, 2.05) is 35.6 Å². The summed E-state index contributed by atoms with van der Waals surface area (Å²) in [5.41, 5.74) is 2.12. The molecule has 0 unspecified atom stereocenters. The summed E-state index contributed by atoms with van der Waals surface area (Å²) < 4.78 is 41.7. The lowest BCUT2D eigenvalue weighted by Crippen LogP contribution is -2.22. The Hall–Kier alpha value is -3.57. The molecule has 0 fully saturated rings. The second kappa shape index (κ2) is 8.28. The first-order chi connectivity index (χ1) is 14.9. The zero-order chi connectivity index (χ0) is 22.0. The van der Waals surface area contributed by atoms with Crippen molar-refractivity contribution in [2.24, 2.45) is 0 Å². The number of aromatic nitrogens is 2. The third-order valence-electron chi connectivity index (χ3n) is 5.05. The van der Waals surface area contributed by atoms with E-state index in [-0.39, 0.29) is 5.56 Å². The largest absolute Gasteiger partial charge is 0.416 e. The summed E-state index contributed by atoms with van der Waals surface area (Å²) in [5, 5.41) is 16.5. The van der Waals surface area contributed by atoms with E-state index in [1.165, 1.54) is 6.07 Å². The predicted molar refractivity (Wildman–Crippen MR) is 115 cm³/mol. The highest BCUT2D eigenvalue weighted by Crippen LogP contribution is 2.36. The molecule has 0 aliphatic rings. The molecule has 0 aliphatic carbocycles. The molecule has 2 heterocycles. The fourth-order valence-electron chi connectivity index (χ4n) is 3.62. The summed E-state index contributed by atoms with van der Waals surface area (Å²) in [7, 11) is 0. The lowest BCUT2D eigenvalue weighted by atomic mass is 9.99. The fourth-order valence-corrected chi connectivity index (χ4v) is 3.62. The number of nitriles is 1. The highest BCUT2D eigenvalue weighted by molar-refractivity contribution is 5.89. The summed E-state index contributed by atoms with van der Waals surface area (Å²) in [6.45, 7) is 4.15. The van der Waals surface area contributed by atoms with E-state index in [0.717, 1.165) is 24.2 Å². The second-order valence-electron chi connectivity index (χ2n) is 7.05. The SMILES string of the molecule is CCNCCNc1cc(-c2cccc(C(F)(F)F)c2)c(C#N)c2nc3ccccc3n12. The van der Waals surface area contributed by atoms with Gasteiger partial charge in [-0.1, -0.05) is 31.2 Å². The highest BCUT2D eigenvalue weighted by Gasteiger charge is 2.31. The minimum atomic E-state index is -4.47. The number of imidazole rings is 1. The molecule has 4 aromatic rings. The molecule has 4 rings (SSSR count). The van der Waals surface area contributed by atoms with Crippen LogP contribution in [-0.4, -0.2) is 29.0 Å². The second-order valence-corrected chi connectivity index (χ2v) is 7.05. The van der Waals surface area contributed by atoms with Crippen LogP contribution in [0.3, 0.4) is 0 Å². The molecule has 2 aromatic carbocycles. The summed E-state index contributed by atoms with van der Waals surface area (Å²) in [6.07, 6.45) is -4.47. The predicted octanol–water partition coefficient (Wildman–Crippen LogP) is 5.07. The van der Waals surface area contributed by atoms with Crippen LogP contribution in [0.15, 0.2) is 54.6 Å². The number of fused-ring (bicyclic) bond motifs is 3. The lowest BCUT2D eigenvalue weighted by molar-refractivity contribution is -0.137. The quantitative estimate of drug-likeness (QED) is 0.425. The molecule has 8 heteroatoms. The highest BCUT2D eigenvalue weighted by atomic mass is 19.4. The minimum absolute atomic E-state index is 0.229. The van der Waals surface area contributed by atoms with Gasteiger partial charge in [0.1, 0.15) is 17.5 Å². The molecular weight excluding hydrogens is 403 g/mol. The number of para-hydroxylation sites is 2. The van der Waals surface area contributed by atoms with E-state index in [1.54, 1.807) is 12.1 Å². The topological polar surface area (TPSA) is 65.1 Å². The number of pyridine rings is 1. The van der Waals surface area contributed by atoms with Gasteiger partial charge in [0.25, 0.3) is 0 Å². The first-order valence-electron chi connectivity index (χ1n) is 9.90. The van der Waals surface area contributed by atoms with E-state index in [2.05, 4.69) is 21.7 Å². The number of hydrogen-bond donors (Lipinski definition) is 2. The number of likely N-dealkylation sites (N-methyl/N-ethyl adjacent to an activating group) is 1. The van der Waals surface area contributed by atoms with Crippen molar-refractivity contribution in [2.45, 2.75) is 13.1 Å². The van der Waals surface area contributed by atoms with Crippen molar-refractivity contribution in [3.05, 3.63) is 65.7 Å². The molecule has 2 N–H and O–H groups in total. The van der Waals surface area contributed by atoms with Crippen molar-refractivity contribution in [2.75, 3.05) is 25.0 Å². The lowest BCUT2D eigenvalue weighted by Gasteiger charge is -2.15. The molecule has 158 valence electrons. The van der Waals surface area contributed by atoms with Gasteiger partial charge >= 0.3 is 6.18 Å². The Kier molecular flexibility index (Phi) is 5.53. The van der Waals surface area contributed by atoms with Gasteiger partial charge < -0.3 is 10.6 Å². The number of benzene rings is 2. The van der Waals surface area contributed by atoms with Crippen molar-refractivity contribution in [1.29, 1.82) is 5.26 Å². The van der Waals surface area contributed by atoms with Crippen LogP contribution in [0.25, 0.3) is 27.8 Å². The molecule has 0 bridgehead atoms. The van der Waals surface area contributed by atoms with Gasteiger partial charge in [-0.3, -0.25) is 4.40 Å². The van der Waals surface area contributed by atoms with Gasteiger partial charge in [-0.05, 0) is 42.4 Å². The molecule has 0 radical (unpaired) electrons. The number of anilines is 1. The summed E-state index contributed by atoms with van der Waals surface area (Å²) in [4.78, 5) is 4.61. The standard InChI is InChI=1S/C23H20F3N5/c1-2-28-10-11-29-21-13-17(15-6-5-7-16(12-15)23(24,25)26)18(14-27)22-30-19-8-3-4-9-20(19)31(21)22/h3-9,12-13,28-29H,2,10-11H2,1H3. The van der Waals surface area contributed by atoms with Crippen molar-refractivity contribution in [3.8, 4) is 17.2 Å². The maximum absolute atomic E-state index is 13.3. The van der Waals surface area contributed by atoms with Crippen LogP contribution in [-0.2, 0) is 6.18 Å². The summed E-state index contributed by atoms with van der Waals surface area (Å²) in [5.74, 6) is 0.660. The smallest absolute Gasteiger partial charge is 0.370 e. The van der Waals surface area contributed by atoms with Crippen molar-refractivity contribution in [1.82, 2.24) is 14.7 Å². The average molecular weight is 423 g/mol. The fraction of sp³-hybridized carbons (Fsp3) is 0.217. The molecule has 0 spiro atoms. The van der Waals surface area contributed by atoms with Gasteiger partial charge in [-0.2, -0.15) is 18.4 Å². The first-order valence-corrected chi connectivity index (χ1v) is 9.90. The number of nitrogens with one attached hydrogen (secondary N) is 2. The van der Waals surface area contributed by atoms with Gasteiger partial charge in [0.15, 0.2) is 5.65 Å². The van der Waals surface area contributed by atoms with Crippen LogP contribution in [0.5, 0.6) is 0 Å². The zero-order valence-electron chi connectivity index (χ0n) is 16.8.